The maximum atomic E-state index is 13.0. The number of halogens is 4. The number of rotatable bonds is 5. The molecule has 0 aliphatic carbocycles. The molecule has 1 aromatic carbocycles. The largest absolute Gasteiger partial charge is 0.433 e. The van der Waals surface area contributed by atoms with E-state index in [0.717, 1.165) is 13.2 Å². The van der Waals surface area contributed by atoms with Crippen LogP contribution < -0.4 is 5.32 Å². The molecule has 0 fully saturated rings. The second kappa shape index (κ2) is 7.04. The third kappa shape index (κ3) is 4.95. The van der Waals surface area contributed by atoms with E-state index in [4.69, 9.17) is 11.6 Å². The number of aryl methyl sites for hydroxylation is 1. The van der Waals surface area contributed by atoms with E-state index in [1.165, 1.54) is 12.1 Å². The average molecular weight is 396 g/mol. The van der Waals surface area contributed by atoms with Crippen molar-refractivity contribution in [1.82, 2.24) is 9.78 Å². The number of nitrogens with zero attached hydrogens (tertiary/aromatic N) is 2. The number of amides is 1. The molecule has 2 rings (SSSR count). The number of alkyl halides is 3. The van der Waals surface area contributed by atoms with Gasteiger partial charge in [-0.3, -0.25) is 9.48 Å². The Morgan fingerprint density at radius 1 is 1.32 bits per heavy atom. The number of hydrogen-bond acceptors (Lipinski definition) is 4. The highest BCUT2D eigenvalue weighted by Crippen LogP contribution is 2.32. The van der Waals surface area contributed by atoms with E-state index < -0.39 is 44.7 Å². The number of aromatic nitrogens is 2. The number of para-hydroxylation sites is 1. The van der Waals surface area contributed by atoms with Gasteiger partial charge in [-0.05, 0) is 12.1 Å². The van der Waals surface area contributed by atoms with Crippen LogP contribution >= 0.6 is 11.6 Å². The van der Waals surface area contributed by atoms with Crippen molar-refractivity contribution < 1.29 is 26.4 Å². The van der Waals surface area contributed by atoms with Gasteiger partial charge in [0.05, 0.1) is 22.7 Å². The van der Waals surface area contributed by atoms with E-state index in [0.29, 0.717) is 4.68 Å². The van der Waals surface area contributed by atoms with Gasteiger partial charge in [0.15, 0.2) is 9.84 Å². The molecule has 136 valence electrons. The number of sulfone groups is 1. The Labute approximate surface area is 146 Å². The molecule has 11 heteroatoms. The first-order valence-electron chi connectivity index (χ1n) is 6.82. The number of anilines is 1. The smallest absolute Gasteiger partial charge is 0.324 e. The first-order valence-corrected chi connectivity index (χ1v) is 9.02. The average Bonchev–Trinajstić information content (AvgIpc) is 2.80. The van der Waals surface area contributed by atoms with Gasteiger partial charge in [0.1, 0.15) is 11.4 Å². The highest BCUT2D eigenvalue weighted by molar-refractivity contribution is 7.91. The summed E-state index contributed by atoms with van der Waals surface area (Å²) in [5.41, 5.74) is -1.47. The van der Waals surface area contributed by atoms with Crippen LogP contribution in [0, 0.1) is 0 Å². The Balaban J connectivity index is 2.13. The first-order chi connectivity index (χ1) is 11.5. The summed E-state index contributed by atoms with van der Waals surface area (Å²) >= 11 is 5.84. The number of nitrogens with one attached hydrogen (secondary N) is 1. The molecule has 0 atom stereocenters. The van der Waals surface area contributed by atoms with Crippen LogP contribution in [0.2, 0.25) is 5.02 Å². The van der Waals surface area contributed by atoms with Crippen LogP contribution in [-0.4, -0.2) is 29.9 Å². The minimum absolute atomic E-state index is 0.208. The third-order valence-electron chi connectivity index (χ3n) is 3.16. The van der Waals surface area contributed by atoms with Crippen LogP contribution in [-0.2, 0) is 33.6 Å². The van der Waals surface area contributed by atoms with Crippen molar-refractivity contribution in [1.29, 1.82) is 0 Å². The highest BCUT2D eigenvalue weighted by atomic mass is 35.5. The summed E-state index contributed by atoms with van der Waals surface area (Å²) in [5.74, 6) is -2.83. The zero-order valence-corrected chi connectivity index (χ0v) is 14.4. The molecule has 0 radical (unpaired) electrons. The Hall–Kier alpha value is -2.07. The van der Waals surface area contributed by atoms with Gasteiger partial charge in [0.2, 0.25) is 5.91 Å². The molecule has 1 amide bonds. The standard InChI is InChI=1S/C14H13ClF3N3O3S/c1-21-13(14(16,17)18)9(6-19-21)7-25(23,24)8-12(22)20-11-5-3-2-4-10(11)15/h2-6H,7-8H2,1H3,(H,20,22). The SMILES string of the molecule is Cn1ncc(CS(=O)(=O)CC(=O)Nc2ccccc2Cl)c1C(F)(F)F. The minimum atomic E-state index is -4.75. The molecule has 1 heterocycles. The van der Waals surface area contributed by atoms with Gasteiger partial charge in [-0.2, -0.15) is 18.3 Å². The van der Waals surface area contributed by atoms with Crippen molar-refractivity contribution in [2.24, 2.45) is 7.05 Å². The summed E-state index contributed by atoms with van der Waals surface area (Å²) in [5, 5.41) is 5.96. The van der Waals surface area contributed by atoms with Gasteiger partial charge in [-0.15, -0.1) is 0 Å². The fourth-order valence-electron chi connectivity index (χ4n) is 2.19. The number of carbonyl (C=O) groups excluding carboxylic acids is 1. The topological polar surface area (TPSA) is 81.1 Å². The van der Waals surface area contributed by atoms with Crippen LogP contribution in [0.25, 0.3) is 0 Å². The molecule has 0 saturated heterocycles. The van der Waals surface area contributed by atoms with Gasteiger partial charge < -0.3 is 5.32 Å². The normalized spacial score (nSPS) is 12.2. The Kier molecular flexibility index (Phi) is 5.43. The van der Waals surface area contributed by atoms with Crippen LogP contribution in [0.5, 0.6) is 0 Å². The molecule has 0 spiro atoms. The first kappa shape index (κ1) is 19.3. The molecule has 0 aliphatic rings. The van der Waals surface area contributed by atoms with E-state index >= 15 is 0 Å². The van der Waals surface area contributed by atoms with Gasteiger partial charge in [0.25, 0.3) is 0 Å². The maximum Gasteiger partial charge on any atom is 0.433 e. The predicted octanol–water partition coefficient (Wildman–Crippen LogP) is 2.65. The lowest BCUT2D eigenvalue weighted by Crippen LogP contribution is -2.25. The van der Waals surface area contributed by atoms with E-state index in [2.05, 4.69) is 10.4 Å². The molecule has 1 N–H and O–H groups in total. The van der Waals surface area contributed by atoms with E-state index in [1.807, 2.05) is 0 Å². The lowest BCUT2D eigenvalue weighted by Gasteiger charge is -2.11. The quantitative estimate of drug-likeness (QED) is 0.843. The molecule has 1 aromatic heterocycles. The second-order valence-corrected chi connectivity index (χ2v) is 7.67. The summed E-state index contributed by atoms with van der Waals surface area (Å²) in [4.78, 5) is 11.9. The Bertz CT molecular complexity index is 894. The van der Waals surface area contributed by atoms with Crippen molar-refractivity contribution in [3.63, 3.8) is 0 Å². The predicted molar refractivity (Wildman–Crippen MR) is 85.8 cm³/mol. The number of hydrogen-bond donors (Lipinski definition) is 1. The lowest BCUT2D eigenvalue weighted by molar-refractivity contribution is -0.144. The number of benzene rings is 1. The zero-order valence-electron chi connectivity index (χ0n) is 12.8. The van der Waals surface area contributed by atoms with Crippen molar-refractivity contribution in [3.8, 4) is 0 Å². The summed E-state index contributed by atoms with van der Waals surface area (Å²) < 4.78 is 63.6. The van der Waals surface area contributed by atoms with Gasteiger partial charge in [0, 0.05) is 12.6 Å². The molecule has 25 heavy (non-hydrogen) atoms. The molecule has 2 aromatic rings. The van der Waals surface area contributed by atoms with Crippen LogP contribution in [0.3, 0.4) is 0 Å². The minimum Gasteiger partial charge on any atom is -0.324 e. The molecular weight excluding hydrogens is 383 g/mol. The van der Waals surface area contributed by atoms with Crippen molar-refractivity contribution in [2.75, 3.05) is 11.1 Å². The molecule has 0 saturated carbocycles. The molecular formula is C14H13ClF3N3O3S. The van der Waals surface area contributed by atoms with Crippen LogP contribution in [0.15, 0.2) is 30.5 Å². The second-order valence-electron chi connectivity index (χ2n) is 5.20. The molecule has 0 unspecified atom stereocenters. The van der Waals surface area contributed by atoms with Crippen molar-refractivity contribution in [2.45, 2.75) is 11.9 Å². The summed E-state index contributed by atoms with van der Waals surface area (Å²) in [6.45, 7) is 0. The molecule has 6 nitrogen and oxygen atoms in total. The summed E-state index contributed by atoms with van der Waals surface area (Å²) in [7, 11) is -3.09. The maximum absolute atomic E-state index is 13.0. The fraction of sp³-hybridized carbons (Fsp3) is 0.286. The van der Waals surface area contributed by atoms with Crippen molar-refractivity contribution in [3.05, 3.63) is 46.7 Å². The summed E-state index contributed by atoms with van der Waals surface area (Å²) in [6.07, 6.45) is -3.93. The van der Waals surface area contributed by atoms with Gasteiger partial charge >= 0.3 is 6.18 Å². The molecule has 0 bridgehead atoms. The molecule has 0 aliphatic heterocycles. The Morgan fingerprint density at radius 2 is 1.96 bits per heavy atom. The lowest BCUT2D eigenvalue weighted by atomic mass is 10.3. The monoisotopic (exact) mass is 395 g/mol. The van der Waals surface area contributed by atoms with E-state index in [9.17, 15) is 26.4 Å². The fourth-order valence-corrected chi connectivity index (χ4v) is 3.63. The Morgan fingerprint density at radius 3 is 2.56 bits per heavy atom. The van der Waals surface area contributed by atoms with Crippen LogP contribution in [0.4, 0.5) is 18.9 Å². The highest BCUT2D eigenvalue weighted by Gasteiger charge is 2.38. The van der Waals surface area contributed by atoms with Crippen molar-refractivity contribution >= 4 is 33.0 Å². The van der Waals surface area contributed by atoms with Crippen LogP contribution in [0.1, 0.15) is 11.3 Å². The van der Waals surface area contributed by atoms with Gasteiger partial charge in [-0.1, -0.05) is 23.7 Å². The zero-order chi connectivity index (χ0) is 18.8. The third-order valence-corrected chi connectivity index (χ3v) is 4.94. The van der Waals surface area contributed by atoms with E-state index in [-0.39, 0.29) is 10.7 Å². The van der Waals surface area contributed by atoms with Gasteiger partial charge in [-0.25, -0.2) is 8.42 Å². The number of carbonyl (C=O) groups is 1. The summed E-state index contributed by atoms with van der Waals surface area (Å²) in [6, 6.07) is 6.17. The van der Waals surface area contributed by atoms with E-state index in [1.54, 1.807) is 12.1 Å².